The quantitative estimate of drug-likeness (QED) is 0.192. The van der Waals surface area contributed by atoms with Crippen molar-refractivity contribution >= 4 is 63.8 Å². The zero-order valence-corrected chi connectivity index (χ0v) is 27.2. The minimum Gasteiger partial charge on any atom is -0.208 e. The molecule has 0 aliphatic carbocycles. The van der Waals surface area contributed by atoms with E-state index in [9.17, 15) is 0 Å². The van der Waals surface area contributed by atoms with Crippen LogP contribution in [0.1, 0.15) is 0 Å². The zero-order chi connectivity index (χ0) is 32.3. The first kappa shape index (κ1) is 27.8. The van der Waals surface area contributed by atoms with Crippen LogP contribution in [-0.4, -0.2) is 15.0 Å². The molecule has 3 nitrogen and oxygen atoms in total. The molecule has 0 unspecified atom stereocenters. The van der Waals surface area contributed by atoms with Crippen molar-refractivity contribution in [2.45, 2.75) is 0 Å². The largest absolute Gasteiger partial charge is 0.208 e. The van der Waals surface area contributed by atoms with Gasteiger partial charge >= 0.3 is 0 Å². The lowest BCUT2D eigenvalue weighted by Crippen LogP contribution is -2.00. The number of rotatable bonds is 4. The molecule has 0 saturated carbocycles. The maximum Gasteiger partial charge on any atom is 0.164 e. The molecule has 0 spiro atoms. The van der Waals surface area contributed by atoms with Crippen LogP contribution in [0, 0.1) is 0 Å². The highest BCUT2D eigenvalue weighted by Crippen LogP contribution is 2.39. The van der Waals surface area contributed by atoms with E-state index in [1.807, 2.05) is 11.3 Å². The molecule has 0 amide bonds. The van der Waals surface area contributed by atoms with E-state index in [-0.39, 0.29) is 0 Å². The maximum atomic E-state index is 5.17. The van der Waals surface area contributed by atoms with Gasteiger partial charge in [0.05, 0.1) is 0 Å². The summed E-state index contributed by atoms with van der Waals surface area (Å²) >= 11 is 1.84. The lowest BCUT2D eigenvalue weighted by molar-refractivity contribution is 1.08. The molecule has 0 N–H and O–H groups in total. The molecule has 0 radical (unpaired) electrons. The summed E-state index contributed by atoms with van der Waals surface area (Å²) in [5.41, 5.74) is 5.20. The monoisotopic (exact) mass is 641 g/mol. The highest BCUT2D eigenvalue weighted by Gasteiger charge is 2.16. The molecule has 49 heavy (non-hydrogen) atoms. The number of thiophene rings is 1. The van der Waals surface area contributed by atoms with Gasteiger partial charge in [-0.2, -0.15) is 0 Å². The third-order valence-electron chi connectivity index (χ3n) is 9.46. The van der Waals surface area contributed by atoms with Gasteiger partial charge in [-0.25, -0.2) is 15.0 Å². The second-order valence-corrected chi connectivity index (χ2v) is 13.6. The first-order valence-corrected chi connectivity index (χ1v) is 17.2. The molecule has 0 fully saturated rings. The lowest BCUT2D eigenvalue weighted by Gasteiger charge is -2.13. The highest BCUT2D eigenvalue weighted by atomic mass is 32.1. The van der Waals surface area contributed by atoms with Gasteiger partial charge < -0.3 is 0 Å². The second kappa shape index (κ2) is 11.2. The average Bonchev–Trinajstić information content (AvgIpc) is 3.55. The van der Waals surface area contributed by atoms with E-state index < -0.39 is 0 Å². The van der Waals surface area contributed by atoms with Crippen LogP contribution in [0.15, 0.2) is 164 Å². The van der Waals surface area contributed by atoms with Gasteiger partial charge in [-0.1, -0.05) is 121 Å². The predicted octanol–water partition coefficient (Wildman–Crippen LogP) is 12.4. The Bertz CT molecular complexity index is 2810. The Hall–Kier alpha value is -6.23. The first-order chi connectivity index (χ1) is 24.2. The van der Waals surface area contributed by atoms with Crippen LogP contribution in [0.3, 0.4) is 0 Å². The molecule has 0 aliphatic rings. The van der Waals surface area contributed by atoms with Gasteiger partial charge in [0.15, 0.2) is 17.5 Å². The standard InChI is InChI=1S/C45H27N3S/c1-3-11-30-23-34(19-17-28(30)9-1)43-46-44(35-20-18-29-10-2-4-12-31(29)24-35)48-45(47-43)36-25-32-13-5-6-14-37(32)39(27-36)33-21-22-42-40(26-33)38-15-7-8-16-41(38)49-42/h1-27H. The van der Waals surface area contributed by atoms with Crippen LogP contribution >= 0.6 is 11.3 Å². The maximum absolute atomic E-state index is 5.17. The summed E-state index contributed by atoms with van der Waals surface area (Å²) in [5.74, 6) is 1.95. The van der Waals surface area contributed by atoms with Crippen molar-refractivity contribution in [3.05, 3.63) is 164 Å². The average molecular weight is 642 g/mol. The van der Waals surface area contributed by atoms with Crippen molar-refractivity contribution in [3.8, 4) is 45.3 Å². The summed E-state index contributed by atoms with van der Waals surface area (Å²) in [6, 6.07) is 58.2. The minimum atomic E-state index is 0.649. The van der Waals surface area contributed by atoms with E-state index in [1.54, 1.807) is 0 Å². The molecule has 0 aliphatic heterocycles. The lowest BCUT2D eigenvalue weighted by atomic mass is 9.94. The molecular formula is C45H27N3S. The number of hydrogen-bond acceptors (Lipinski definition) is 4. The van der Waals surface area contributed by atoms with E-state index in [4.69, 9.17) is 15.0 Å². The van der Waals surface area contributed by atoms with E-state index >= 15 is 0 Å². The fourth-order valence-corrected chi connectivity index (χ4v) is 8.08. The fourth-order valence-electron chi connectivity index (χ4n) is 6.99. The summed E-state index contributed by atoms with van der Waals surface area (Å²) in [6.45, 7) is 0. The van der Waals surface area contributed by atoms with Crippen LogP contribution < -0.4 is 0 Å². The number of hydrogen-bond donors (Lipinski definition) is 0. The topological polar surface area (TPSA) is 38.7 Å². The third-order valence-corrected chi connectivity index (χ3v) is 10.6. The molecule has 8 aromatic carbocycles. The number of nitrogens with zero attached hydrogens (tertiary/aromatic N) is 3. The van der Waals surface area contributed by atoms with Crippen molar-refractivity contribution in [2.24, 2.45) is 0 Å². The van der Waals surface area contributed by atoms with Gasteiger partial charge in [0.25, 0.3) is 0 Å². The Morgan fingerprint density at radius 3 is 1.47 bits per heavy atom. The van der Waals surface area contributed by atoms with Gasteiger partial charge in [0, 0.05) is 36.9 Å². The predicted molar refractivity (Wildman–Crippen MR) is 207 cm³/mol. The van der Waals surface area contributed by atoms with Gasteiger partial charge in [-0.05, 0) is 85.9 Å². The smallest absolute Gasteiger partial charge is 0.164 e. The van der Waals surface area contributed by atoms with Crippen LogP contribution in [0.5, 0.6) is 0 Å². The molecule has 2 heterocycles. The Kier molecular flexibility index (Phi) is 6.36. The number of aromatic nitrogens is 3. The summed E-state index contributed by atoms with van der Waals surface area (Å²) in [7, 11) is 0. The molecule has 0 bridgehead atoms. The van der Waals surface area contributed by atoms with Crippen molar-refractivity contribution in [2.75, 3.05) is 0 Å². The Morgan fingerprint density at radius 1 is 0.306 bits per heavy atom. The Morgan fingerprint density at radius 2 is 0.796 bits per heavy atom. The highest BCUT2D eigenvalue weighted by molar-refractivity contribution is 7.25. The van der Waals surface area contributed by atoms with Crippen molar-refractivity contribution in [3.63, 3.8) is 0 Å². The minimum absolute atomic E-state index is 0.649. The van der Waals surface area contributed by atoms with Crippen molar-refractivity contribution < 1.29 is 0 Å². The molecule has 0 atom stereocenters. The van der Waals surface area contributed by atoms with E-state index in [0.717, 1.165) is 38.4 Å². The summed E-state index contributed by atoms with van der Waals surface area (Å²) in [5, 5.41) is 9.59. The molecule has 228 valence electrons. The van der Waals surface area contributed by atoms with Crippen LogP contribution in [-0.2, 0) is 0 Å². The van der Waals surface area contributed by atoms with Crippen LogP contribution in [0.25, 0.3) is 97.8 Å². The molecule has 2 aromatic heterocycles. The zero-order valence-electron chi connectivity index (χ0n) is 26.3. The Balaban J connectivity index is 1.20. The van der Waals surface area contributed by atoms with E-state index in [1.165, 1.54) is 41.9 Å². The van der Waals surface area contributed by atoms with Gasteiger partial charge in [0.2, 0.25) is 0 Å². The van der Waals surface area contributed by atoms with Crippen molar-refractivity contribution in [1.29, 1.82) is 0 Å². The summed E-state index contributed by atoms with van der Waals surface area (Å²) < 4.78 is 2.60. The second-order valence-electron chi connectivity index (χ2n) is 12.5. The van der Waals surface area contributed by atoms with Gasteiger partial charge in [-0.15, -0.1) is 11.3 Å². The van der Waals surface area contributed by atoms with Crippen molar-refractivity contribution in [1.82, 2.24) is 15.0 Å². The number of fused-ring (bicyclic) bond motifs is 6. The number of benzene rings is 8. The van der Waals surface area contributed by atoms with Crippen LogP contribution in [0.4, 0.5) is 0 Å². The molecule has 10 rings (SSSR count). The van der Waals surface area contributed by atoms with E-state index in [0.29, 0.717) is 17.5 Å². The molecule has 0 saturated heterocycles. The normalized spacial score (nSPS) is 11.7. The molecule has 10 aromatic rings. The van der Waals surface area contributed by atoms with Gasteiger partial charge in [0.1, 0.15) is 0 Å². The van der Waals surface area contributed by atoms with Gasteiger partial charge in [-0.3, -0.25) is 0 Å². The molecule has 4 heteroatoms. The first-order valence-electron chi connectivity index (χ1n) is 16.4. The van der Waals surface area contributed by atoms with Crippen LogP contribution in [0.2, 0.25) is 0 Å². The Labute approximate surface area is 286 Å². The van der Waals surface area contributed by atoms with E-state index in [2.05, 4.69) is 164 Å². The SMILES string of the molecule is c1ccc2cc(-c3nc(-c4ccc5ccccc5c4)nc(-c4cc(-c5ccc6sc7ccccc7c6c5)c5ccccc5c4)n3)ccc2c1. The third kappa shape index (κ3) is 4.85. The molecular weight excluding hydrogens is 615 g/mol. The summed E-state index contributed by atoms with van der Waals surface area (Å²) in [4.78, 5) is 15.4. The fraction of sp³-hybridized carbons (Fsp3) is 0. The summed E-state index contributed by atoms with van der Waals surface area (Å²) in [6.07, 6.45) is 0.